The van der Waals surface area contributed by atoms with Gasteiger partial charge in [-0.1, -0.05) is 20.8 Å². The Morgan fingerprint density at radius 2 is 1.90 bits per heavy atom. The van der Waals surface area contributed by atoms with Crippen LogP contribution >= 0.6 is 0 Å². The molecule has 2 aliphatic rings. The Morgan fingerprint density at radius 3 is 2.48 bits per heavy atom. The number of amides is 2. The van der Waals surface area contributed by atoms with Crippen molar-refractivity contribution in [2.75, 3.05) is 26.7 Å². The summed E-state index contributed by atoms with van der Waals surface area (Å²) in [5.41, 5.74) is -0.347. The van der Waals surface area contributed by atoms with Gasteiger partial charge >= 0.3 is 0 Å². The summed E-state index contributed by atoms with van der Waals surface area (Å²) < 4.78 is 0. The first-order valence-corrected chi connectivity index (χ1v) is 8.06. The van der Waals surface area contributed by atoms with Crippen molar-refractivity contribution in [3.8, 4) is 0 Å². The molecule has 0 aromatic rings. The first kappa shape index (κ1) is 16.3. The van der Waals surface area contributed by atoms with Gasteiger partial charge in [0.2, 0.25) is 11.8 Å². The van der Waals surface area contributed by atoms with E-state index in [2.05, 4.69) is 10.2 Å². The summed E-state index contributed by atoms with van der Waals surface area (Å²) in [4.78, 5) is 28.3. The summed E-state index contributed by atoms with van der Waals surface area (Å²) in [6, 6.07) is 0.641. The van der Waals surface area contributed by atoms with Crippen molar-refractivity contribution in [2.24, 2.45) is 5.41 Å². The molecule has 0 spiro atoms. The number of rotatable bonds is 4. The van der Waals surface area contributed by atoms with Gasteiger partial charge in [-0.15, -0.1) is 0 Å². The second-order valence-corrected chi connectivity index (χ2v) is 7.54. The third-order valence-corrected chi connectivity index (χ3v) is 4.30. The number of hydrogen-bond acceptors (Lipinski definition) is 3. The third kappa shape index (κ3) is 4.70. The predicted molar refractivity (Wildman–Crippen MR) is 82.9 cm³/mol. The van der Waals surface area contributed by atoms with Gasteiger partial charge in [-0.3, -0.25) is 14.5 Å². The van der Waals surface area contributed by atoms with Crippen LogP contribution in [0.1, 0.15) is 46.5 Å². The van der Waals surface area contributed by atoms with Crippen LogP contribution in [0.3, 0.4) is 0 Å². The summed E-state index contributed by atoms with van der Waals surface area (Å²) in [6.45, 7) is 8.08. The molecule has 0 bridgehead atoms. The molecule has 2 amide bonds. The van der Waals surface area contributed by atoms with E-state index in [1.165, 1.54) is 0 Å². The number of carbonyl (C=O) groups is 2. The summed E-state index contributed by atoms with van der Waals surface area (Å²) >= 11 is 0. The highest BCUT2D eigenvalue weighted by Crippen LogP contribution is 2.22. The molecule has 120 valence electrons. The molecular formula is C16H29N3O2. The lowest BCUT2D eigenvalue weighted by Gasteiger charge is -2.39. The Bertz CT molecular complexity index is 399. The Labute approximate surface area is 128 Å². The van der Waals surface area contributed by atoms with Crippen LogP contribution in [0.25, 0.3) is 0 Å². The third-order valence-electron chi connectivity index (χ3n) is 4.30. The van der Waals surface area contributed by atoms with E-state index < -0.39 is 0 Å². The molecule has 21 heavy (non-hydrogen) atoms. The molecule has 5 heteroatoms. The fourth-order valence-corrected chi connectivity index (χ4v) is 2.89. The molecule has 2 rings (SSSR count). The van der Waals surface area contributed by atoms with Gasteiger partial charge in [0.15, 0.2) is 0 Å². The lowest BCUT2D eigenvalue weighted by molar-refractivity contribution is -0.141. The molecule has 1 saturated carbocycles. The highest BCUT2D eigenvalue weighted by Gasteiger charge is 2.32. The summed E-state index contributed by atoms with van der Waals surface area (Å²) in [7, 11) is 1.89. The maximum Gasteiger partial charge on any atom is 0.234 e. The van der Waals surface area contributed by atoms with E-state index in [0.717, 1.165) is 38.8 Å². The quantitative estimate of drug-likeness (QED) is 0.849. The minimum Gasteiger partial charge on any atom is -0.352 e. The van der Waals surface area contributed by atoms with Crippen LogP contribution in [0.2, 0.25) is 0 Å². The SMILES string of the molecule is CN(C(=O)C(C)(C)C)C1CCCN(CC(=O)NC2CC2)C1. The van der Waals surface area contributed by atoms with Crippen molar-refractivity contribution in [1.82, 2.24) is 15.1 Å². The number of carbonyl (C=O) groups excluding carboxylic acids is 2. The zero-order chi connectivity index (χ0) is 15.6. The fourth-order valence-electron chi connectivity index (χ4n) is 2.89. The largest absolute Gasteiger partial charge is 0.352 e. The zero-order valence-corrected chi connectivity index (χ0v) is 13.8. The maximum atomic E-state index is 12.4. The average Bonchev–Trinajstić information content (AvgIpc) is 3.20. The van der Waals surface area contributed by atoms with Crippen molar-refractivity contribution >= 4 is 11.8 Å². The number of likely N-dealkylation sites (tertiary alicyclic amines) is 1. The van der Waals surface area contributed by atoms with Gasteiger partial charge in [-0.05, 0) is 32.2 Å². The first-order chi connectivity index (χ1) is 9.77. The fraction of sp³-hybridized carbons (Fsp3) is 0.875. The summed E-state index contributed by atoms with van der Waals surface area (Å²) in [6.07, 6.45) is 4.32. The van der Waals surface area contributed by atoms with E-state index in [1.807, 2.05) is 32.7 Å². The number of nitrogens with zero attached hydrogens (tertiary/aromatic N) is 2. The van der Waals surface area contributed by atoms with Gasteiger partial charge in [0.1, 0.15) is 0 Å². The normalized spacial score (nSPS) is 23.7. The van der Waals surface area contributed by atoms with Crippen LogP contribution in [-0.4, -0.2) is 60.4 Å². The Morgan fingerprint density at radius 1 is 1.24 bits per heavy atom. The van der Waals surface area contributed by atoms with Crippen LogP contribution in [-0.2, 0) is 9.59 Å². The van der Waals surface area contributed by atoms with Gasteiger partial charge in [0, 0.05) is 31.1 Å². The molecule has 5 nitrogen and oxygen atoms in total. The Kier molecular flexibility index (Phi) is 4.91. The molecule has 2 fully saturated rings. The Balaban J connectivity index is 1.84. The number of piperidine rings is 1. The van der Waals surface area contributed by atoms with Crippen LogP contribution in [0.15, 0.2) is 0 Å². The van der Waals surface area contributed by atoms with Crippen LogP contribution in [0, 0.1) is 5.41 Å². The lowest BCUT2D eigenvalue weighted by Crippen LogP contribution is -2.52. The molecule has 0 radical (unpaired) electrons. The number of nitrogens with one attached hydrogen (secondary N) is 1. The topological polar surface area (TPSA) is 52.7 Å². The standard InChI is InChI=1S/C16H29N3O2/c1-16(2,3)15(21)18(4)13-6-5-9-19(10-13)11-14(20)17-12-7-8-12/h12-13H,5-11H2,1-4H3,(H,17,20). The molecular weight excluding hydrogens is 266 g/mol. The van der Waals surface area contributed by atoms with E-state index in [9.17, 15) is 9.59 Å². The summed E-state index contributed by atoms with van der Waals surface area (Å²) in [5, 5.41) is 3.03. The van der Waals surface area contributed by atoms with E-state index in [1.54, 1.807) is 0 Å². The van der Waals surface area contributed by atoms with Gasteiger partial charge in [-0.25, -0.2) is 0 Å². The van der Waals surface area contributed by atoms with Gasteiger partial charge < -0.3 is 10.2 Å². The van der Waals surface area contributed by atoms with Crippen molar-refractivity contribution in [1.29, 1.82) is 0 Å². The van der Waals surface area contributed by atoms with E-state index in [4.69, 9.17) is 0 Å². The lowest BCUT2D eigenvalue weighted by atomic mass is 9.93. The van der Waals surface area contributed by atoms with E-state index in [-0.39, 0.29) is 23.3 Å². The Hall–Kier alpha value is -1.10. The molecule has 1 aliphatic heterocycles. The van der Waals surface area contributed by atoms with Crippen molar-refractivity contribution in [3.63, 3.8) is 0 Å². The predicted octanol–water partition coefficient (Wildman–Crippen LogP) is 1.23. The maximum absolute atomic E-state index is 12.4. The second kappa shape index (κ2) is 6.34. The molecule has 0 aromatic heterocycles. The van der Waals surface area contributed by atoms with Crippen LogP contribution in [0.5, 0.6) is 0 Å². The van der Waals surface area contributed by atoms with Crippen molar-refractivity contribution in [2.45, 2.75) is 58.5 Å². The first-order valence-electron chi connectivity index (χ1n) is 8.06. The second-order valence-electron chi connectivity index (χ2n) is 7.54. The van der Waals surface area contributed by atoms with Crippen LogP contribution in [0.4, 0.5) is 0 Å². The van der Waals surface area contributed by atoms with E-state index in [0.29, 0.717) is 12.6 Å². The van der Waals surface area contributed by atoms with Gasteiger partial charge in [0.05, 0.1) is 6.54 Å². The van der Waals surface area contributed by atoms with E-state index >= 15 is 0 Å². The van der Waals surface area contributed by atoms with Crippen LogP contribution < -0.4 is 5.32 Å². The van der Waals surface area contributed by atoms with Crippen molar-refractivity contribution < 1.29 is 9.59 Å². The monoisotopic (exact) mass is 295 g/mol. The molecule has 1 unspecified atom stereocenters. The molecule has 1 aliphatic carbocycles. The minimum absolute atomic E-state index is 0.128. The number of likely N-dealkylation sites (N-methyl/N-ethyl adjacent to an activating group) is 1. The summed E-state index contributed by atoms with van der Waals surface area (Å²) in [5.74, 6) is 0.305. The number of hydrogen-bond donors (Lipinski definition) is 1. The highest BCUT2D eigenvalue weighted by atomic mass is 16.2. The highest BCUT2D eigenvalue weighted by molar-refractivity contribution is 5.81. The molecule has 1 atom stereocenters. The van der Waals surface area contributed by atoms with Gasteiger partial charge in [0.25, 0.3) is 0 Å². The van der Waals surface area contributed by atoms with Gasteiger partial charge in [-0.2, -0.15) is 0 Å². The molecule has 1 saturated heterocycles. The molecule has 0 aromatic carbocycles. The average molecular weight is 295 g/mol. The molecule has 1 N–H and O–H groups in total. The van der Waals surface area contributed by atoms with Crippen molar-refractivity contribution in [3.05, 3.63) is 0 Å². The zero-order valence-electron chi connectivity index (χ0n) is 13.8. The smallest absolute Gasteiger partial charge is 0.234 e. The molecule has 1 heterocycles. The minimum atomic E-state index is -0.347.